The van der Waals surface area contributed by atoms with Crippen LogP contribution in [0, 0.1) is 0 Å². The summed E-state index contributed by atoms with van der Waals surface area (Å²) in [5.74, 6) is 0. The van der Waals surface area contributed by atoms with E-state index in [2.05, 4.69) is 33.0 Å². The van der Waals surface area contributed by atoms with Crippen LogP contribution in [0.4, 0.5) is 0 Å². The highest BCUT2D eigenvalue weighted by molar-refractivity contribution is 9.10. The molecule has 0 aliphatic heterocycles. The summed E-state index contributed by atoms with van der Waals surface area (Å²) >= 11 is 3.44. The van der Waals surface area contributed by atoms with Crippen LogP contribution in [0.2, 0.25) is 0 Å². The highest BCUT2D eigenvalue weighted by atomic mass is 79.9. The Bertz CT molecular complexity index is 615. The quantitative estimate of drug-likeness (QED) is 0.605. The van der Waals surface area contributed by atoms with Gasteiger partial charge in [-0.2, -0.15) is 0 Å². The molecule has 3 heteroatoms. The van der Waals surface area contributed by atoms with Gasteiger partial charge in [-0.3, -0.25) is 0 Å². The van der Waals surface area contributed by atoms with Gasteiger partial charge in [0.1, 0.15) is 5.52 Å². The zero-order valence-electron chi connectivity index (χ0n) is 7.20. The molecule has 0 radical (unpaired) electrons. The highest BCUT2D eigenvalue weighted by Gasteiger charge is 2.01. The Labute approximate surface area is 88.7 Å². The first-order valence-corrected chi connectivity index (χ1v) is 5.05. The Kier molecular flexibility index (Phi) is 1.61. The Morgan fingerprint density at radius 1 is 1.07 bits per heavy atom. The van der Waals surface area contributed by atoms with Crippen LogP contribution in [0.5, 0.6) is 0 Å². The van der Waals surface area contributed by atoms with Crippen molar-refractivity contribution in [2.24, 2.45) is 0 Å². The van der Waals surface area contributed by atoms with Crippen molar-refractivity contribution in [2.75, 3.05) is 0 Å². The molecule has 68 valence electrons. The Balaban J connectivity index is 2.50. The number of hydrogen-bond donors (Lipinski definition) is 0. The van der Waals surface area contributed by atoms with Crippen molar-refractivity contribution in [3.05, 3.63) is 41.2 Å². The molecule has 0 amide bonds. The zero-order valence-corrected chi connectivity index (χ0v) is 8.78. The fraction of sp³-hybridized carbons (Fsp3) is 0. The minimum Gasteiger partial charge on any atom is -0.443 e. The van der Waals surface area contributed by atoms with Crippen LogP contribution in [0.25, 0.3) is 21.9 Å². The van der Waals surface area contributed by atoms with Gasteiger partial charge in [0.05, 0.1) is 0 Å². The summed E-state index contributed by atoms with van der Waals surface area (Å²) in [6.45, 7) is 0. The number of rotatable bonds is 0. The van der Waals surface area contributed by atoms with E-state index in [0.717, 1.165) is 21.0 Å². The van der Waals surface area contributed by atoms with Gasteiger partial charge in [0.2, 0.25) is 0 Å². The summed E-state index contributed by atoms with van der Waals surface area (Å²) in [6.07, 6.45) is 1.47. The van der Waals surface area contributed by atoms with Crippen molar-refractivity contribution in [1.82, 2.24) is 4.98 Å². The van der Waals surface area contributed by atoms with E-state index < -0.39 is 0 Å². The molecule has 0 saturated heterocycles. The maximum Gasteiger partial charge on any atom is 0.181 e. The van der Waals surface area contributed by atoms with Gasteiger partial charge < -0.3 is 4.42 Å². The van der Waals surface area contributed by atoms with E-state index in [-0.39, 0.29) is 0 Å². The normalized spacial score (nSPS) is 11.2. The van der Waals surface area contributed by atoms with E-state index in [1.165, 1.54) is 11.8 Å². The molecule has 14 heavy (non-hydrogen) atoms. The van der Waals surface area contributed by atoms with E-state index in [4.69, 9.17) is 4.42 Å². The van der Waals surface area contributed by atoms with Gasteiger partial charge in [-0.15, -0.1) is 0 Å². The summed E-state index contributed by atoms with van der Waals surface area (Å²) in [7, 11) is 0. The van der Waals surface area contributed by atoms with Crippen LogP contribution in [-0.4, -0.2) is 4.98 Å². The van der Waals surface area contributed by atoms with Crippen LogP contribution in [0.15, 0.2) is 45.6 Å². The zero-order chi connectivity index (χ0) is 9.54. The average Bonchev–Trinajstić information content (AvgIpc) is 2.61. The number of aromatic nitrogens is 1. The molecule has 3 aromatic rings. The first-order valence-electron chi connectivity index (χ1n) is 4.25. The SMILES string of the molecule is Brc1ccc2cc3ocnc3cc2c1. The number of fused-ring (bicyclic) bond motifs is 2. The lowest BCUT2D eigenvalue weighted by Crippen LogP contribution is -1.74. The van der Waals surface area contributed by atoms with Gasteiger partial charge >= 0.3 is 0 Å². The monoisotopic (exact) mass is 247 g/mol. The van der Waals surface area contributed by atoms with Gasteiger partial charge in [0.15, 0.2) is 12.0 Å². The molecule has 2 nitrogen and oxygen atoms in total. The number of oxazole rings is 1. The third-order valence-electron chi connectivity index (χ3n) is 2.25. The molecule has 0 bridgehead atoms. The molecule has 0 spiro atoms. The minimum absolute atomic E-state index is 0.833. The molecule has 0 aliphatic carbocycles. The lowest BCUT2D eigenvalue weighted by atomic mass is 10.1. The van der Waals surface area contributed by atoms with Crippen LogP contribution >= 0.6 is 15.9 Å². The van der Waals surface area contributed by atoms with E-state index in [0.29, 0.717) is 0 Å². The Morgan fingerprint density at radius 3 is 2.93 bits per heavy atom. The van der Waals surface area contributed by atoms with Crippen LogP contribution < -0.4 is 0 Å². The molecular formula is C11H6BrNO. The number of halogens is 1. The molecule has 1 aromatic heterocycles. The lowest BCUT2D eigenvalue weighted by molar-refractivity contribution is 0.602. The number of nitrogens with zero attached hydrogens (tertiary/aromatic N) is 1. The van der Waals surface area contributed by atoms with Crippen LogP contribution in [0.1, 0.15) is 0 Å². The third kappa shape index (κ3) is 1.13. The van der Waals surface area contributed by atoms with Crippen LogP contribution in [-0.2, 0) is 0 Å². The predicted molar refractivity (Wildman–Crippen MR) is 59.2 cm³/mol. The van der Waals surface area contributed by atoms with Gasteiger partial charge in [0, 0.05) is 4.47 Å². The van der Waals surface area contributed by atoms with Crippen molar-refractivity contribution in [3.63, 3.8) is 0 Å². The molecule has 0 fully saturated rings. The maximum absolute atomic E-state index is 5.23. The second-order valence-corrected chi connectivity index (χ2v) is 4.08. The molecule has 0 aliphatic rings. The molecule has 0 saturated carbocycles. The van der Waals surface area contributed by atoms with E-state index in [1.807, 2.05) is 18.2 Å². The summed E-state index contributed by atoms with van der Waals surface area (Å²) in [4.78, 5) is 4.12. The van der Waals surface area contributed by atoms with Gasteiger partial charge in [-0.25, -0.2) is 4.98 Å². The van der Waals surface area contributed by atoms with Gasteiger partial charge in [-0.1, -0.05) is 22.0 Å². The molecule has 0 N–H and O–H groups in total. The van der Waals surface area contributed by atoms with Crippen LogP contribution in [0.3, 0.4) is 0 Å². The smallest absolute Gasteiger partial charge is 0.181 e. The highest BCUT2D eigenvalue weighted by Crippen LogP contribution is 2.24. The number of benzene rings is 2. The summed E-state index contributed by atoms with van der Waals surface area (Å²) in [5, 5.41) is 2.33. The maximum atomic E-state index is 5.23. The summed E-state index contributed by atoms with van der Waals surface area (Å²) in [5.41, 5.74) is 1.73. The lowest BCUT2D eigenvalue weighted by Gasteiger charge is -1.97. The van der Waals surface area contributed by atoms with Crippen molar-refractivity contribution in [1.29, 1.82) is 0 Å². The topological polar surface area (TPSA) is 26.0 Å². The molecule has 0 atom stereocenters. The van der Waals surface area contributed by atoms with Gasteiger partial charge in [-0.05, 0) is 35.0 Å². The summed E-state index contributed by atoms with van der Waals surface area (Å²) in [6, 6.07) is 10.2. The molecule has 1 heterocycles. The van der Waals surface area contributed by atoms with E-state index in [9.17, 15) is 0 Å². The molecule has 2 aromatic carbocycles. The summed E-state index contributed by atoms with van der Waals surface area (Å²) < 4.78 is 6.31. The first-order chi connectivity index (χ1) is 6.83. The fourth-order valence-electron chi connectivity index (χ4n) is 1.57. The fourth-order valence-corrected chi connectivity index (χ4v) is 1.95. The molecule has 3 rings (SSSR count). The van der Waals surface area contributed by atoms with Gasteiger partial charge in [0.25, 0.3) is 0 Å². The third-order valence-corrected chi connectivity index (χ3v) is 2.74. The van der Waals surface area contributed by atoms with E-state index >= 15 is 0 Å². The van der Waals surface area contributed by atoms with E-state index in [1.54, 1.807) is 0 Å². The second-order valence-electron chi connectivity index (χ2n) is 3.16. The first kappa shape index (κ1) is 8.00. The minimum atomic E-state index is 0.833. The second kappa shape index (κ2) is 2.82. The van der Waals surface area contributed by atoms with Crippen molar-refractivity contribution in [3.8, 4) is 0 Å². The Hall–Kier alpha value is -1.35. The van der Waals surface area contributed by atoms with Crippen molar-refractivity contribution < 1.29 is 4.42 Å². The predicted octanol–water partition coefficient (Wildman–Crippen LogP) is 3.74. The average molecular weight is 248 g/mol. The largest absolute Gasteiger partial charge is 0.443 e. The van der Waals surface area contributed by atoms with Crippen molar-refractivity contribution in [2.45, 2.75) is 0 Å². The number of hydrogen-bond acceptors (Lipinski definition) is 2. The molecule has 0 unspecified atom stereocenters. The van der Waals surface area contributed by atoms with Crippen molar-refractivity contribution >= 4 is 37.8 Å². The molecular weight excluding hydrogens is 242 g/mol. The Morgan fingerprint density at radius 2 is 2.00 bits per heavy atom. The standard InChI is InChI=1S/C11H6BrNO/c12-9-2-1-7-5-11-10(13-6-14-11)4-8(7)3-9/h1-6H.